The normalized spacial score (nSPS) is 13.2. The molecular weight excluding hydrogens is 448 g/mol. The SMILES string of the molecule is C=C(CCNC(=O)OC)NC(=O)COc1ccc(Cl)c(F)c1.FC(F)(F)OC1CCC1. The van der Waals surface area contributed by atoms with Gasteiger partial charge in [0.05, 0.1) is 18.2 Å². The Kier molecular flexibility index (Phi) is 11.1. The topological polar surface area (TPSA) is 85.9 Å². The van der Waals surface area contributed by atoms with E-state index in [1.807, 2.05) is 0 Å². The summed E-state index contributed by atoms with van der Waals surface area (Å²) in [7, 11) is 1.25. The van der Waals surface area contributed by atoms with Crippen LogP contribution in [0.25, 0.3) is 0 Å². The Morgan fingerprint density at radius 3 is 2.45 bits per heavy atom. The zero-order chi connectivity index (χ0) is 23.4. The largest absolute Gasteiger partial charge is 0.522 e. The number of alkyl halides is 3. The van der Waals surface area contributed by atoms with Gasteiger partial charge >= 0.3 is 12.5 Å². The van der Waals surface area contributed by atoms with Gasteiger partial charge in [-0.1, -0.05) is 18.2 Å². The fourth-order valence-corrected chi connectivity index (χ4v) is 2.19. The zero-order valence-corrected chi connectivity index (χ0v) is 17.4. The number of rotatable bonds is 8. The van der Waals surface area contributed by atoms with Crippen LogP contribution in [-0.4, -0.2) is 44.7 Å². The number of benzene rings is 1. The number of hydrogen-bond acceptors (Lipinski definition) is 5. The predicted octanol–water partition coefficient (Wildman–Crippen LogP) is 4.31. The summed E-state index contributed by atoms with van der Waals surface area (Å²) >= 11 is 5.53. The minimum Gasteiger partial charge on any atom is -0.484 e. The molecule has 174 valence electrons. The molecule has 1 aliphatic carbocycles. The van der Waals surface area contributed by atoms with Crippen LogP contribution in [-0.2, 0) is 14.3 Å². The highest BCUT2D eigenvalue weighted by Crippen LogP contribution is 2.29. The lowest BCUT2D eigenvalue weighted by molar-refractivity contribution is -0.350. The highest BCUT2D eigenvalue weighted by atomic mass is 35.5. The number of carbonyl (C=O) groups is 2. The number of carbonyl (C=O) groups excluding carboxylic acids is 2. The third-order valence-corrected chi connectivity index (χ3v) is 4.12. The van der Waals surface area contributed by atoms with Crippen LogP contribution in [0.15, 0.2) is 30.5 Å². The van der Waals surface area contributed by atoms with E-state index in [4.69, 9.17) is 16.3 Å². The number of ether oxygens (including phenoxy) is 3. The number of nitrogens with one attached hydrogen (secondary N) is 2. The van der Waals surface area contributed by atoms with Crippen LogP contribution in [0.3, 0.4) is 0 Å². The first-order valence-corrected chi connectivity index (χ1v) is 9.49. The van der Waals surface area contributed by atoms with Crippen molar-refractivity contribution in [3.05, 3.63) is 41.3 Å². The van der Waals surface area contributed by atoms with E-state index >= 15 is 0 Å². The molecule has 2 amide bonds. The van der Waals surface area contributed by atoms with Crippen molar-refractivity contribution in [1.82, 2.24) is 10.6 Å². The molecular formula is C19H23ClF4N2O5. The van der Waals surface area contributed by atoms with Crippen LogP contribution in [0.5, 0.6) is 5.75 Å². The van der Waals surface area contributed by atoms with Gasteiger partial charge in [0.2, 0.25) is 0 Å². The summed E-state index contributed by atoms with van der Waals surface area (Å²) in [5.74, 6) is -0.883. The fraction of sp³-hybridized carbons (Fsp3) is 0.474. The maximum absolute atomic E-state index is 13.2. The van der Waals surface area contributed by atoms with Gasteiger partial charge < -0.3 is 20.1 Å². The Labute approximate surface area is 181 Å². The summed E-state index contributed by atoms with van der Waals surface area (Å²) in [5.41, 5.74) is 0.410. The summed E-state index contributed by atoms with van der Waals surface area (Å²) in [6, 6.07) is 3.88. The molecule has 2 rings (SSSR count). The molecule has 31 heavy (non-hydrogen) atoms. The lowest BCUT2D eigenvalue weighted by Crippen LogP contribution is -2.30. The Bertz CT molecular complexity index is 757. The standard InChI is InChI=1S/C14H16ClFN2O4.C5H7F3O/c1-9(5-6-17-14(20)21-2)18-13(19)8-22-10-3-4-11(15)12(16)7-10;6-5(7,8)9-4-2-1-3-4/h3-4,7H,1,5-6,8H2,2H3,(H,17,20)(H,18,19);4H,1-3H2. The smallest absolute Gasteiger partial charge is 0.484 e. The monoisotopic (exact) mass is 470 g/mol. The van der Waals surface area contributed by atoms with E-state index in [-0.39, 0.29) is 23.9 Å². The first kappa shape index (κ1) is 26.5. The summed E-state index contributed by atoms with van der Waals surface area (Å²) in [5, 5.41) is 4.92. The van der Waals surface area contributed by atoms with Crippen molar-refractivity contribution in [1.29, 1.82) is 0 Å². The van der Waals surface area contributed by atoms with E-state index in [1.165, 1.54) is 19.2 Å². The third kappa shape index (κ3) is 12.0. The highest BCUT2D eigenvalue weighted by molar-refractivity contribution is 6.30. The third-order valence-electron chi connectivity index (χ3n) is 3.81. The molecule has 2 N–H and O–H groups in total. The van der Waals surface area contributed by atoms with Gasteiger partial charge in [-0.3, -0.25) is 9.53 Å². The molecule has 12 heteroatoms. The lowest BCUT2D eigenvalue weighted by atomic mass is 9.96. The zero-order valence-electron chi connectivity index (χ0n) is 16.7. The molecule has 1 fully saturated rings. The molecule has 0 radical (unpaired) electrons. The molecule has 0 bridgehead atoms. The van der Waals surface area contributed by atoms with E-state index in [2.05, 4.69) is 26.7 Å². The van der Waals surface area contributed by atoms with Crippen molar-refractivity contribution in [2.24, 2.45) is 0 Å². The second-order valence-electron chi connectivity index (χ2n) is 6.30. The number of methoxy groups -OCH3 is 1. The predicted molar refractivity (Wildman–Crippen MR) is 104 cm³/mol. The van der Waals surface area contributed by atoms with Crippen molar-refractivity contribution in [2.45, 2.75) is 38.1 Å². The number of hydrogen-bond donors (Lipinski definition) is 2. The fourth-order valence-electron chi connectivity index (χ4n) is 2.08. The highest BCUT2D eigenvalue weighted by Gasteiger charge is 2.35. The Morgan fingerprint density at radius 1 is 1.29 bits per heavy atom. The summed E-state index contributed by atoms with van der Waals surface area (Å²) in [6.07, 6.45) is -3.22. The van der Waals surface area contributed by atoms with Crippen molar-refractivity contribution in [2.75, 3.05) is 20.3 Å². The number of amides is 2. The molecule has 1 aliphatic rings. The second-order valence-corrected chi connectivity index (χ2v) is 6.71. The summed E-state index contributed by atoms with van der Waals surface area (Å²) in [4.78, 5) is 22.4. The molecule has 0 spiro atoms. The van der Waals surface area contributed by atoms with Crippen molar-refractivity contribution in [3.63, 3.8) is 0 Å². The average Bonchev–Trinajstić information content (AvgIpc) is 2.65. The van der Waals surface area contributed by atoms with Crippen LogP contribution >= 0.6 is 11.6 Å². The number of halogens is 5. The van der Waals surface area contributed by atoms with Gasteiger partial charge in [-0.15, -0.1) is 13.2 Å². The van der Waals surface area contributed by atoms with Crippen molar-refractivity contribution < 1.29 is 41.4 Å². The van der Waals surface area contributed by atoms with Gasteiger partial charge in [0.25, 0.3) is 5.91 Å². The first-order chi connectivity index (χ1) is 14.5. The quantitative estimate of drug-likeness (QED) is 0.553. The molecule has 1 aromatic rings. The summed E-state index contributed by atoms with van der Waals surface area (Å²) < 4.78 is 60.3. The van der Waals surface area contributed by atoms with E-state index in [9.17, 15) is 27.2 Å². The molecule has 0 saturated heterocycles. The van der Waals surface area contributed by atoms with Gasteiger partial charge in [0, 0.05) is 24.7 Å². The Balaban J connectivity index is 0.000000442. The van der Waals surface area contributed by atoms with Crippen LogP contribution < -0.4 is 15.4 Å². The average molecular weight is 471 g/mol. The Morgan fingerprint density at radius 2 is 1.97 bits per heavy atom. The van der Waals surface area contributed by atoms with Gasteiger partial charge in [0.15, 0.2) is 6.61 Å². The minimum atomic E-state index is -4.43. The van der Waals surface area contributed by atoms with Gasteiger partial charge in [-0.2, -0.15) is 0 Å². The van der Waals surface area contributed by atoms with Crippen LogP contribution in [0, 0.1) is 5.82 Å². The van der Waals surface area contributed by atoms with Crippen molar-refractivity contribution in [3.8, 4) is 5.75 Å². The van der Waals surface area contributed by atoms with Gasteiger partial charge in [0.1, 0.15) is 11.6 Å². The number of alkyl carbamates (subject to hydrolysis) is 1. The molecule has 0 unspecified atom stereocenters. The van der Waals surface area contributed by atoms with Crippen LogP contribution in [0.4, 0.5) is 22.4 Å². The second kappa shape index (κ2) is 13.0. The van der Waals surface area contributed by atoms with Gasteiger partial charge in [-0.05, 0) is 31.4 Å². The maximum Gasteiger partial charge on any atom is 0.522 e. The summed E-state index contributed by atoms with van der Waals surface area (Å²) in [6.45, 7) is 3.61. The van der Waals surface area contributed by atoms with E-state index in [0.29, 0.717) is 25.0 Å². The maximum atomic E-state index is 13.2. The van der Waals surface area contributed by atoms with Crippen LogP contribution in [0.2, 0.25) is 5.02 Å². The van der Waals surface area contributed by atoms with Crippen LogP contribution in [0.1, 0.15) is 25.7 Å². The van der Waals surface area contributed by atoms with E-state index in [0.717, 1.165) is 12.5 Å². The molecule has 0 aliphatic heterocycles. The van der Waals surface area contributed by atoms with Crippen molar-refractivity contribution >= 4 is 23.6 Å². The first-order valence-electron chi connectivity index (χ1n) is 9.12. The van der Waals surface area contributed by atoms with E-state index < -0.39 is 30.3 Å². The molecule has 7 nitrogen and oxygen atoms in total. The Hall–Kier alpha value is -2.53. The van der Waals surface area contributed by atoms with E-state index in [1.54, 1.807) is 0 Å². The molecule has 0 heterocycles. The molecule has 1 saturated carbocycles. The molecule has 0 atom stereocenters. The lowest BCUT2D eigenvalue weighted by Gasteiger charge is -2.25. The molecule has 0 aromatic heterocycles. The minimum absolute atomic E-state index is 0.0247. The van der Waals surface area contributed by atoms with Gasteiger partial charge in [-0.25, -0.2) is 9.18 Å². The molecule has 1 aromatic carbocycles.